The number of hydrogen-bond acceptors (Lipinski definition) is 4. The van der Waals surface area contributed by atoms with Crippen molar-refractivity contribution in [1.29, 1.82) is 0 Å². The molecule has 0 aromatic rings. The van der Waals surface area contributed by atoms with Gasteiger partial charge in [-0.05, 0) is 61.7 Å². The smallest absolute Gasteiger partial charge is 0.427 e. The van der Waals surface area contributed by atoms with Gasteiger partial charge in [0.1, 0.15) is 5.60 Å². The van der Waals surface area contributed by atoms with Crippen molar-refractivity contribution in [3.05, 3.63) is 12.2 Å². The molecule has 24 heavy (non-hydrogen) atoms. The van der Waals surface area contributed by atoms with E-state index in [4.69, 9.17) is 4.74 Å². The third-order valence-corrected chi connectivity index (χ3v) is 7.57. The Kier molecular flexibility index (Phi) is 1.84. The van der Waals surface area contributed by atoms with Crippen LogP contribution in [0.5, 0.6) is 0 Å². The Morgan fingerprint density at radius 3 is 2.58 bits per heavy atom. The van der Waals surface area contributed by atoms with E-state index in [1.165, 1.54) is 6.42 Å². The Balaban J connectivity index is 1.28. The Labute approximate surface area is 139 Å². The summed E-state index contributed by atoms with van der Waals surface area (Å²) in [6, 6.07) is 0. The van der Waals surface area contributed by atoms with Crippen LogP contribution >= 0.6 is 0 Å². The Morgan fingerprint density at radius 1 is 1.25 bits per heavy atom. The lowest BCUT2D eigenvalue weighted by atomic mass is 9.58. The molecular weight excluding hydrogens is 308 g/mol. The van der Waals surface area contributed by atoms with E-state index in [-0.39, 0.29) is 35.5 Å². The van der Waals surface area contributed by atoms with E-state index in [9.17, 15) is 14.4 Å². The van der Waals surface area contributed by atoms with E-state index in [1.807, 2.05) is 0 Å². The van der Waals surface area contributed by atoms with E-state index in [0.29, 0.717) is 16.7 Å². The third kappa shape index (κ3) is 1.09. The van der Waals surface area contributed by atoms with Crippen molar-refractivity contribution in [2.45, 2.75) is 32.8 Å². The number of amides is 3. The van der Waals surface area contributed by atoms with Gasteiger partial charge in [0.15, 0.2) is 0 Å². The zero-order valence-electron chi connectivity index (χ0n) is 13.9. The molecule has 7 aliphatic rings. The fourth-order valence-corrected chi connectivity index (χ4v) is 6.97. The highest BCUT2D eigenvalue weighted by molar-refractivity contribution is 6.07. The second-order valence-electron chi connectivity index (χ2n) is 9.37. The average molecular weight is 328 g/mol. The molecule has 1 N–H and O–H groups in total. The first kappa shape index (κ1) is 13.4. The molecule has 2 spiro atoms. The minimum Gasteiger partial charge on any atom is -0.443 e. The van der Waals surface area contributed by atoms with E-state index < -0.39 is 11.7 Å². The summed E-state index contributed by atoms with van der Waals surface area (Å²) in [5, 5.41) is 0.929. The quantitative estimate of drug-likeness (QED) is 0.584. The number of hydrazine groups is 1. The van der Waals surface area contributed by atoms with Gasteiger partial charge < -0.3 is 4.74 Å². The van der Waals surface area contributed by atoms with Crippen LogP contribution in [0.1, 0.15) is 27.2 Å². The van der Waals surface area contributed by atoms with Crippen molar-refractivity contribution in [1.82, 2.24) is 10.4 Å². The SMILES string of the molecule is CC(C)(C)OC(=O)NN1C(=O)[C@@H]2C3C=CC(C4[C@@]56CC5[C@]346)[C@@H]2C1=O. The molecule has 3 amide bonds. The fraction of sp³-hybridized carbons (Fsp3) is 0.722. The minimum absolute atomic E-state index is 0.181. The van der Waals surface area contributed by atoms with Crippen molar-refractivity contribution in [3.8, 4) is 0 Å². The van der Waals surface area contributed by atoms with E-state index in [0.717, 1.165) is 10.9 Å². The highest BCUT2D eigenvalue weighted by atomic mass is 16.6. The fourth-order valence-electron chi connectivity index (χ4n) is 6.97. The largest absolute Gasteiger partial charge is 0.443 e. The van der Waals surface area contributed by atoms with Crippen molar-refractivity contribution in [2.24, 2.45) is 46.3 Å². The van der Waals surface area contributed by atoms with Gasteiger partial charge in [-0.3, -0.25) is 9.59 Å². The molecule has 7 rings (SSSR count). The Morgan fingerprint density at radius 2 is 1.96 bits per heavy atom. The molecular formula is C18H20N2O4. The molecule has 4 unspecified atom stereocenters. The molecule has 126 valence electrons. The molecule has 4 saturated carbocycles. The summed E-state index contributed by atoms with van der Waals surface area (Å²) in [6.45, 7) is 5.24. The number of imide groups is 1. The number of carbonyl (C=O) groups is 3. The monoisotopic (exact) mass is 328 g/mol. The third-order valence-electron chi connectivity index (χ3n) is 7.57. The van der Waals surface area contributed by atoms with Gasteiger partial charge in [0, 0.05) is 0 Å². The van der Waals surface area contributed by atoms with Gasteiger partial charge in [-0.25, -0.2) is 10.2 Å². The predicted molar refractivity (Wildman–Crippen MR) is 80.8 cm³/mol. The zero-order valence-corrected chi connectivity index (χ0v) is 13.9. The molecule has 2 bridgehead atoms. The first-order valence-corrected chi connectivity index (χ1v) is 8.81. The molecule has 6 aliphatic carbocycles. The Hall–Kier alpha value is -1.85. The number of carbonyl (C=O) groups excluding carboxylic acids is 3. The molecule has 0 aromatic heterocycles. The van der Waals surface area contributed by atoms with Crippen LogP contribution in [-0.2, 0) is 14.3 Å². The van der Waals surface area contributed by atoms with Gasteiger partial charge in [0.2, 0.25) is 0 Å². The normalized spacial score (nSPS) is 53.9. The van der Waals surface area contributed by atoms with E-state index in [1.54, 1.807) is 20.8 Å². The van der Waals surface area contributed by atoms with Crippen LogP contribution in [0.15, 0.2) is 12.2 Å². The minimum atomic E-state index is -0.753. The number of nitrogens with zero attached hydrogens (tertiary/aromatic N) is 1. The van der Waals surface area contributed by atoms with Crippen LogP contribution in [0.2, 0.25) is 0 Å². The van der Waals surface area contributed by atoms with Crippen molar-refractivity contribution in [2.75, 3.05) is 0 Å². The summed E-state index contributed by atoms with van der Waals surface area (Å²) in [4.78, 5) is 37.7. The summed E-state index contributed by atoms with van der Waals surface area (Å²) in [5.41, 5.74) is 2.56. The second kappa shape index (κ2) is 3.28. The highest BCUT2D eigenvalue weighted by Crippen LogP contribution is 3.14. The van der Waals surface area contributed by atoms with Gasteiger partial charge in [-0.1, -0.05) is 12.2 Å². The van der Waals surface area contributed by atoms with Crippen molar-refractivity contribution in [3.63, 3.8) is 0 Å². The molecule has 0 radical (unpaired) electrons. The molecule has 6 heteroatoms. The van der Waals surface area contributed by atoms with Gasteiger partial charge in [-0.2, -0.15) is 5.01 Å². The van der Waals surface area contributed by atoms with Crippen LogP contribution in [0.3, 0.4) is 0 Å². The van der Waals surface area contributed by atoms with Gasteiger partial charge in [0.25, 0.3) is 11.8 Å². The van der Waals surface area contributed by atoms with Crippen LogP contribution < -0.4 is 5.43 Å². The molecule has 5 fully saturated rings. The topological polar surface area (TPSA) is 75.7 Å². The predicted octanol–water partition coefficient (Wildman–Crippen LogP) is 1.48. The van der Waals surface area contributed by atoms with Gasteiger partial charge in [0.05, 0.1) is 11.8 Å². The number of hydrogen-bond donors (Lipinski definition) is 1. The lowest BCUT2D eigenvalue weighted by Crippen LogP contribution is -2.48. The number of allylic oxidation sites excluding steroid dienone is 2. The van der Waals surface area contributed by atoms with Crippen LogP contribution in [0.25, 0.3) is 0 Å². The first-order chi connectivity index (χ1) is 11.2. The molecule has 6 nitrogen and oxygen atoms in total. The number of rotatable bonds is 1. The maximum absolute atomic E-state index is 12.9. The van der Waals surface area contributed by atoms with E-state index >= 15 is 0 Å². The number of nitrogens with one attached hydrogen (secondary N) is 1. The molecule has 1 heterocycles. The maximum Gasteiger partial charge on any atom is 0.427 e. The van der Waals surface area contributed by atoms with Crippen LogP contribution in [0, 0.1) is 46.3 Å². The lowest BCUT2D eigenvalue weighted by molar-refractivity contribution is -0.143. The van der Waals surface area contributed by atoms with Crippen LogP contribution in [0.4, 0.5) is 4.79 Å². The molecule has 8 atom stereocenters. The summed E-state index contributed by atoms with van der Waals surface area (Å²) in [5.74, 6) is 0.709. The first-order valence-electron chi connectivity index (χ1n) is 8.81. The highest BCUT2D eigenvalue weighted by Gasteiger charge is 3.11. The standard InChI is InChI=1S/C18H20N2O4/c1-16(2,3)24-15(23)19-20-13(21)10-7-4-5-8(11(10)14(20)22)18-9-6-17(9,18)12(7)18/h4-5,7-12H,6H2,1-3H3,(H,19,23)/t7?,8?,9?,10-,11+,12?,17+,18+/m0/s1. The second-order valence-corrected chi connectivity index (χ2v) is 9.37. The average Bonchev–Trinajstić information content (AvgIpc) is 3.40. The van der Waals surface area contributed by atoms with Gasteiger partial charge >= 0.3 is 6.09 Å². The lowest BCUT2D eigenvalue weighted by Gasteiger charge is -2.43. The Bertz CT molecular complexity index is 782. The molecule has 1 saturated heterocycles. The summed E-state index contributed by atoms with van der Waals surface area (Å²) < 4.78 is 5.19. The molecule has 0 aromatic carbocycles. The zero-order chi connectivity index (χ0) is 16.8. The number of ether oxygens (including phenoxy) is 1. The van der Waals surface area contributed by atoms with Crippen molar-refractivity contribution < 1.29 is 19.1 Å². The van der Waals surface area contributed by atoms with Crippen LogP contribution in [-0.4, -0.2) is 28.5 Å². The summed E-state index contributed by atoms with van der Waals surface area (Å²) in [7, 11) is 0. The van der Waals surface area contributed by atoms with Crippen molar-refractivity contribution >= 4 is 17.9 Å². The molecule has 1 aliphatic heterocycles. The summed E-state index contributed by atoms with van der Waals surface area (Å²) in [6.07, 6.45) is 4.90. The summed E-state index contributed by atoms with van der Waals surface area (Å²) >= 11 is 0. The maximum atomic E-state index is 12.9. The van der Waals surface area contributed by atoms with Gasteiger partial charge in [-0.15, -0.1) is 0 Å². The van der Waals surface area contributed by atoms with E-state index in [2.05, 4.69) is 17.6 Å².